The Hall–Kier alpha value is -1.62. The minimum absolute atomic E-state index is 0.631. The maximum Gasteiger partial charge on any atom is 0.142 e. The first-order valence-corrected chi connectivity index (χ1v) is 7.04. The van der Waals surface area contributed by atoms with Gasteiger partial charge in [0.1, 0.15) is 22.0 Å². The van der Waals surface area contributed by atoms with Gasteiger partial charge in [0, 0.05) is 12.5 Å². The van der Waals surface area contributed by atoms with Crippen LogP contribution in [0.3, 0.4) is 0 Å². The molecule has 1 aromatic heterocycles. The van der Waals surface area contributed by atoms with E-state index in [1.165, 1.54) is 0 Å². The molecule has 100 valence electrons. The molecule has 1 aromatic carbocycles. The van der Waals surface area contributed by atoms with E-state index in [1.54, 1.807) is 0 Å². The molecule has 5 heteroatoms. The molecule has 2 aromatic rings. The summed E-state index contributed by atoms with van der Waals surface area (Å²) in [7, 11) is 0. The first-order chi connectivity index (χ1) is 9.22. The van der Waals surface area contributed by atoms with Crippen LogP contribution in [-0.2, 0) is 6.42 Å². The van der Waals surface area contributed by atoms with Crippen LogP contribution >= 0.6 is 15.9 Å². The number of aromatic nitrogens is 2. The molecule has 0 radical (unpaired) electrons. The summed E-state index contributed by atoms with van der Waals surface area (Å²) < 4.78 is 6.35. The van der Waals surface area contributed by atoms with Crippen molar-refractivity contribution in [2.75, 3.05) is 11.9 Å². The smallest absolute Gasteiger partial charge is 0.142 e. The number of nitrogens with one attached hydrogen (secondary N) is 1. The van der Waals surface area contributed by atoms with Gasteiger partial charge in [-0.3, -0.25) is 0 Å². The minimum Gasteiger partial charge on any atom is -0.492 e. The predicted octanol–water partition coefficient (Wildman–Crippen LogP) is 3.94. The highest BCUT2D eigenvalue weighted by atomic mass is 79.9. The highest BCUT2D eigenvalue weighted by Crippen LogP contribution is 2.27. The molecule has 1 heterocycles. The van der Waals surface area contributed by atoms with Gasteiger partial charge in [0.05, 0.1) is 12.3 Å². The Morgan fingerprint density at radius 3 is 2.74 bits per heavy atom. The number of aryl methyl sites for hydroxylation is 1. The standard InChI is InChI=1S/C14H16BrN3O/c1-3-13-17-12(15)9-14(18-13)16-10-7-5-6-8-11(10)19-4-2/h5-9H,3-4H2,1-2H3,(H,16,17,18). The van der Waals surface area contributed by atoms with Crippen LogP contribution < -0.4 is 10.1 Å². The molecule has 0 saturated carbocycles. The molecule has 0 aliphatic heterocycles. The topological polar surface area (TPSA) is 47.0 Å². The highest BCUT2D eigenvalue weighted by Gasteiger charge is 2.06. The Balaban J connectivity index is 2.28. The van der Waals surface area contributed by atoms with Crippen LogP contribution in [0.4, 0.5) is 11.5 Å². The van der Waals surface area contributed by atoms with Crippen molar-refractivity contribution >= 4 is 27.4 Å². The van der Waals surface area contributed by atoms with Crippen LogP contribution in [0, 0.1) is 0 Å². The van der Waals surface area contributed by atoms with E-state index in [4.69, 9.17) is 4.74 Å². The third kappa shape index (κ3) is 3.67. The van der Waals surface area contributed by atoms with Gasteiger partial charge in [-0.15, -0.1) is 0 Å². The molecular weight excluding hydrogens is 306 g/mol. The van der Waals surface area contributed by atoms with E-state index >= 15 is 0 Å². The fourth-order valence-electron chi connectivity index (χ4n) is 1.68. The van der Waals surface area contributed by atoms with Crippen LogP contribution in [0.25, 0.3) is 0 Å². The number of nitrogens with zero attached hydrogens (tertiary/aromatic N) is 2. The lowest BCUT2D eigenvalue weighted by Crippen LogP contribution is -2.02. The Morgan fingerprint density at radius 2 is 2.00 bits per heavy atom. The van der Waals surface area contributed by atoms with Crippen molar-refractivity contribution in [1.29, 1.82) is 0 Å². The first kappa shape index (κ1) is 13.8. The van der Waals surface area contributed by atoms with E-state index in [2.05, 4.69) is 31.2 Å². The molecular formula is C14H16BrN3O. The van der Waals surface area contributed by atoms with Crippen molar-refractivity contribution in [2.24, 2.45) is 0 Å². The maximum absolute atomic E-state index is 5.58. The van der Waals surface area contributed by atoms with E-state index < -0.39 is 0 Å². The zero-order valence-corrected chi connectivity index (χ0v) is 12.6. The third-order valence-electron chi connectivity index (χ3n) is 2.51. The highest BCUT2D eigenvalue weighted by molar-refractivity contribution is 9.10. The normalized spacial score (nSPS) is 10.3. The van der Waals surface area contributed by atoms with E-state index in [1.807, 2.05) is 44.2 Å². The zero-order valence-electron chi connectivity index (χ0n) is 11.0. The van der Waals surface area contributed by atoms with E-state index in [9.17, 15) is 0 Å². The number of rotatable bonds is 5. The summed E-state index contributed by atoms with van der Waals surface area (Å²) in [5.41, 5.74) is 0.900. The summed E-state index contributed by atoms with van der Waals surface area (Å²) in [4.78, 5) is 8.73. The molecule has 4 nitrogen and oxygen atoms in total. The van der Waals surface area contributed by atoms with Gasteiger partial charge in [-0.25, -0.2) is 9.97 Å². The van der Waals surface area contributed by atoms with Crippen molar-refractivity contribution in [2.45, 2.75) is 20.3 Å². The summed E-state index contributed by atoms with van der Waals surface area (Å²) in [5.74, 6) is 2.37. The molecule has 0 bridgehead atoms. The molecule has 0 saturated heterocycles. The zero-order chi connectivity index (χ0) is 13.7. The lowest BCUT2D eigenvalue weighted by atomic mass is 10.3. The van der Waals surface area contributed by atoms with Gasteiger partial charge in [0.25, 0.3) is 0 Å². The summed E-state index contributed by atoms with van der Waals surface area (Å²) >= 11 is 3.39. The van der Waals surface area contributed by atoms with Crippen LogP contribution in [0.1, 0.15) is 19.7 Å². The second-order valence-corrected chi connectivity index (χ2v) is 4.71. The Labute approximate surface area is 121 Å². The molecule has 0 aliphatic rings. The lowest BCUT2D eigenvalue weighted by Gasteiger charge is -2.12. The number of para-hydroxylation sites is 2. The molecule has 0 fully saturated rings. The SMILES string of the molecule is CCOc1ccccc1Nc1cc(Br)nc(CC)n1. The quantitative estimate of drug-likeness (QED) is 0.847. The van der Waals surface area contributed by atoms with Gasteiger partial charge in [-0.2, -0.15) is 0 Å². The molecule has 2 rings (SSSR count). The molecule has 0 spiro atoms. The minimum atomic E-state index is 0.631. The van der Waals surface area contributed by atoms with Gasteiger partial charge in [-0.05, 0) is 35.0 Å². The van der Waals surface area contributed by atoms with Crippen molar-refractivity contribution in [1.82, 2.24) is 9.97 Å². The molecule has 0 atom stereocenters. The summed E-state index contributed by atoms with van der Waals surface area (Å²) in [6.07, 6.45) is 0.793. The lowest BCUT2D eigenvalue weighted by molar-refractivity contribution is 0.342. The van der Waals surface area contributed by atoms with E-state index in [-0.39, 0.29) is 0 Å². The number of benzene rings is 1. The second-order valence-electron chi connectivity index (χ2n) is 3.90. The Kier molecular flexibility index (Phi) is 4.74. The average Bonchev–Trinajstić information content (AvgIpc) is 2.40. The van der Waals surface area contributed by atoms with Gasteiger partial charge >= 0.3 is 0 Å². The van der Waals surface area contributed by atoms with Crippen LogP contribution in [0.2, 0.25) is 0 Å². The molecule has 0 unspecified atom stereocenters. The van der Waals surface area contributed by atoms with Crippen LogP contribution in [0.5, 0.6) is 5.75 Å². The Morgan fingerprint density at radius 1 is 1.21 bits per heavy atom. The summed E-state index contributed by atoms with van der Waals surface area (Å²) in [5, 5.41) is 3.27. The van der Waals surface area contributed by atoms with Gasteiger partial charge in [-0.1, -0.05) is 19.1 Å². The molecule has 0 aliphatic carbocycles. The van der Waals surface area contributed by atoms with E-state index in [0.29, 0.717) is 6.61 Å². The predicted molar refractivity (Wildman–Crippen MR) is 80.0 cm³/mol. The van der Waals surface area contributed by atoms with Crippen molar-refractivity contribution in [3.05, 3.63) is 40.8 Å². The third-order valence-corrected chi connectivity index (χ3v) is 2.91. The fourth-order valence-corrected chi connectivity index (χ4v) is 2.10. The number of hydrogen-bond acceptors (Lipinski definition) is 4. The van der Waals surface area contributed by atoms with Crippen molar-refractivity contribution in [3.8, 4) is 5.75 Å². The number of anilines is 2. The first-order valence-electron chi connectivity index (χ1n) is 6.25. The Bertz CT molecular complexity index is 560. The van der Waals surface area contributed by atoms with Gasteiger partial charge < -0.3 is 10.1 Å². The largest absolute Gasteiger partial charge is 0.492 e. The number of halogens is 1. The van der Waals surface area contributed by atoms with Gasteiger partial charge in [0.15, 0.2) is 0 Å². The number of hydrogen-bond donors (Lipinski definition) is 1. The van der Waals surface area contributed by atoms with Crippen molar-refractivity contribution < 1.29 is 4.74 Å². The maximum atomic E-state index is 5.58. The van der Waals surface area contributed by atoms with E-state index in [0.717, 1.165) is 34.1 Å². The number of ether oxygens (including phenoxy) is 1. The monoisotopic (exact) mass is 321 g/mol. The van der Waals surface area contributed by atoms with Gasteiger partial charge in [0.2, 0.25) is 0 Å². The van der Waals surface area contributed by atoms with Crippen molar-refractivity contribution in [3.63, 3.8) is 0 Å². The molecule has 19 heavy (non-hydrogen) atoms. The average molecular weight is 322 g/mol. The summed E-state index contributed by atoms with van der Waals surface area (Å²) in [6.45, 7) is 4.62. The van der Waals surface area contributed by atoms with Crippen LogP contribution in [-0.4, -0.2) is 16.6 Å². The molecule has 1 N–H and O–H groups in total. The molecule has 0 amide bonds. The second kappa shape index (κ2) is 6.52. The fraction of sp³-hybridized carbons (Fsp3) is 0.286. The summed E-state index contributed by atoms with van der Waals surface area (Å²) in [6, 6.07) is 9.66. The van der Waals surface area contributed by atoms with Crippen LogP contribution in [0.15, 0.2) is 34.9 Å².